The van der Waals surface area contributed by atoms with Crippen molar-refractivity contribution < 1.29 is 23.1 Å². The van der Waals surface area contributed by atoms with Gasteiger partial charge in [0.2, 0.25) is 10.0 Å². The summed E-state index contributed by atoms with van der Waals surface area (Å²) in [5, 5.41) is 8.94. The van der Waals surface area contributed by atoms with Crippen LogP contribution in [0.3, 0.4) is 0 Å². The molecule has 1 heterocycles. The molecular weight excluding hydrogens is 246 g/mol. The van der Waals surface area contributed by atoms with Crippen molar-refractivity contribution in [3.05, 3.63) is 24.3 Å². The molecular formula is C10H11NO5S. The lowest BCUT2D eigenvalue weighted by molar-refractivity contribution is -0.141. The number of rotatable bonds is 1. The molecule has 2 rings (SSSR count). The lowest BCUT2D eigenvalue weighted by Gasteiger charge is -2.17. The number of hydrogen-bond acceptors (Lipinski definition) is 4. The van der Waals surface area contributed by atoms with Crippen LogP contribution < -0.4 is 9.46 Å². The standard InChI is InChI=1S/C10H11NO5S/c1-6-9(10(12)13)11-17(14,15)8-5-3-2-4-7(8)16-6/h2-6,9,11H,1H3,(H,12,13)/t6?,9-/m1/s1. The maximum absolute atomic E-state index is 11.9. The van der Waals surface area contributed by atoms with Gasteiger partial charge in [0.05, 0.1) is 0 Å². The largest absolute Gasteiger partial charge is 0.487 e. The van der Waals surface area contributed by atoms with Gasteiger partial charge < -0.3 is 9.84 Å². The summed E-state index contributed by atoms with van der Waals surface area (Å²) < 4.78 is 31.3. The Balaban J connectivity index is 2.54. The van der Waals surface area contributed by atoms with E-state index in [9.17, 15) is 13.2 Å². The molecule has 1 aromatic rings. The number of ether oxygens (including phenoxy) is 1. The van der Waals surface area contributed by atoms with Crippen LogP contribution in [0, 0.1) is 0 Å². The summed E-state index contributed by atoms with van der Waals surface area (Å²) in [7, 11) is -3.86. The highest BCUT2D eigenvalue weighted by Crippen LogP contribution is 2.27. The van der Waals surface area contributed by atoms with Crippen LogP contribution in [0.25, 0.3) is 0 Å². The second-order valence-electron chi connectivity index (χ2n) is 3.71. The number of sulfonamides is 1. The first-order valence-corrected chi connectivity index (χ1v) is 6.41. The summed E-state index contributed by atoms with van der Waals surface area (Å²) >= 11 is 0. The third-order valence-electron chi connectivity index (χ3n) is 2.47. The third-order valence-corrected chi connectivity index (χ3v) is 3.95. The monoisotopic (exact) mass is 257 g/mol. The first-order chi connectivity index (χ1) is 7.92. The predicted molar refractivity (Wildman–Crippen MR) is 58.3 cm³/mol. The molecule has 0 saturated carbocycles. The fraction of sp³-hybridized carbons (Fsp3) is 0.300. The van der Waals surface area contributed by atoms with Gasteiger partial charge in [0.15, 0.2) is 6.04 Å². The smallest absolute Gasteiger partial charge is 0.325 e. The third kappa shape index (κ3) is 2.11. The Hall–Kier alpha value is -1.60. The SMILES string of the molecule is CC1Oc2ccccc2S(=O)(=O)N[C@H]1C(=O)O. The molecule has 0 saturated heterocycles. The average molecular weight is 257 g/mol. The summed E-state index contributed by atoms with van der Waals surface area (Å²) in [5.74, 6) is -1.11. The summed E-state index contributed by atoms with van der Waals surface area (Å²) in [5.41, 5.74) is 0. The number of para-hydroxylation sites is 1. The van der Waals surface area contributed by atoms with Crippen LogP contribution in [-0.4, -0.2) is 31.6 Å². The number of nitrogens with one attached hydrogen (secondary N) is 1. The molecule has 0 spiro atoms. The highest BCUT2D eigenvalue weighted by atomic mass is 32.2. The van der Waals surface area contributed by atoms with Gasteiger partial charge in [0, 0.05) is 0 Å². The molecule has 7 heteroatoms. The Bertz CT molecular complexity index is 554. The normalized spacial score (nSPS) is 26.4. The van der Waals surface area contributed by atoms with Crippen LogP contribution >= 0.6 is 0 Å². The van der Waals surface area contributed by atoms with Gasteiger partial charge in [-0.3, -0.25) is 4.79 Å². The van der Waals surface area contributed by atoms with Crippen LogP contribution in [0.15, 0.2) is 29.2 Å². The van der Waals surface area contributed by atoms with Crippen molar-refractivity contribution in [1.29, 1.82) is 0 Å². The number of hydrogen-bond donors (Lipinski definition) is 2. The zero-order valence-electron chi connectivity index (χ0n) is 8.95. The van der Waals surface area contributed by atoms with E-state index in [-0.39, 0.29) is 10.6 Å². The van der Waals surface area contributed by atoms with E-state index in [0.29, 0.717) is 0 Å². The molecule has 2 N–H and O–H groups in total. The van der Waals surface area contributed by atoms with Gasteiger partial charge in [-0.05, 0) is 19.1 Å². The number of fused-ring (bicyclic) bond motifs is 1. The predicted octanol–water partition coefficient (Wildman–Crippen LogP) is 0.199. The number of carboxylic acid groups (broad SMARTS) is 1. The molecule has 2 atom stereocenters. The van der Waals surface area contributed by atoms with Crippen molar-refractivity contribution in [3.8, 4) is 5.75 Å². The lowest BCUT2D eigenvalue weighted by atomic mass is 10.2. The Labute approximate surface area is 98.3 Å². The van der Waals surface area contributed by atoms with Crippen molar-refractivity contribution in [2.45, 2.75) is 24.0 Å². The van der Waals surface area contributed by atoms with Crippen molar-refractivity contribution in [2.75, 3.05) is 0 Å². The number of aliphatic carboxylic acids is 1. The quantitative estimate of drug-likeness (QED) is 0.749. The molecule has 17 heavy (non-hydrogen) atoms. The zero-order valence-corrected chi connectivity index (χ0v) is 9.77. The van der Waals surface area contributed by atoms with Crippen LogP contribution in [0.2, 0.25) is 0 Å². The first kappa shape index (κ1) is 11.9. The van der Waals surface area contributed by atoms with Gasteiger partial charge in [0.1, 0.15) is 16.7 Å². The van der Waals surface area contributed by atoms with Crippen LogP contribution in [0.4, 0.5) is 0 Å². The van der Waals surface area contributed by atoms with E-state index in [1.54, 1.807) is 12.1 Å². The van der Waals surface area contributed by atoms with Gasteiger partial charge in [-0.15, -0.1) is 0 Å². The zero-order chi connectivity index (χ0) is 12.6. The molecule has 1 aromatic carbocycles. The molecule has 0 radical (unpaired) electrons. The van der Waals surface area contributed by atoms with E-state index >= 15 is 0 Å². The molecule has 0 aromatic heterocycles. The molecule has 1 aliphatic rings. The number of benzene rings is 1. The molecule has 92 valence electrons. The topological polar surface area (TPSA) is 92.7 Å². The minimum absolute atomic E-state index is 0.0457. The van der Waals surface area contributed by atoms with Crippen LogP contribution in [0.5, 0.6) is 5.75 Å². The average Bonchev–Trinajstić information content (AvgIpc) is 2.35. The number of carboxylic acids is 1. The molecule has 0 amide bonds. The molecule has 0 aliphatic carbocycles. The Morgan fingerprint density at radius 1 is 1.41 bits per heavy atom. The maximum atomic E-state index is 11.9. The van der Waals surface area contributed by atoms with Gasteiger partial charge in [-0.2, -0.15) is 4.72 Å². The molecule has 1 aliphatic heterocycles. The van der Waals surface area contributed by atoms with Crippen LogP contribution in [-0.2, 0) is 14.8 Å². The molecule has 6 nitrogen and oxygen atoms in total. The van der Waals surface area contributed by atoms with Crippen molar-refractivity contribution in [2.24, 2.45) is 0 Å². The van der Waals surface area contributed by atoms with Crippen LogP contribution in [0.1, 0.15) is 6.92 Å². The Morgan fingerprint density at radius 3 is 2.71 bits per heavy atom. The Morgan fingerprint density at radius 2 is 2.06 bits per heavy atom. The van der Waals surface area contributed by atoms with E-state index in [2.05, 4.69) is 4.72 Å². The summed E-state index contributed by atoms with van der Waals surface area (Å²) in [6, 6.07) is 4.74. The minimum atomic E-state index is -3.86. The van der Waals surface area contributed by atoms with Gasteiger partial charge >= 0.3 is 5.97 Å². The van der Waals surface area contributed by atoms with E-state index in [4.69, 9.17) is 9.84 Å². The fourth-order valence-corrected chi connectivity index (χ4v) is 3.01. The molecule has 0 bridgehead atoms. The lowest BCUT2D eigenvalue weighted by Crippen LogP contribution is -2.47. The van der Waals surface area contributed by atoms with E-state index in [1.165, 1.54) is 19.1 Å². The summed E-state index contributed by atoms with van der Waals surface area (Å²) in [4.78, 5) is 10.9. The van der Waals surface area contributed by atoms with E-state index in [1.807, 2.05) is 0 Å². The second-order valence-corrected chi connectivity index (χ2v) is 5.39. The van der Waals surface area contributed by atoms with Crippen molar-refractivity contribution in [1.82, 2.24) is 4.72 Å². The fourth-order valence-electron chi connectivity index (χ4n) is 1.62. The van der Waals surface area contributed by atoms with Crippen molar-refractivity contribution >= 4 is 16.0 Å². The number of carbonyl (C=O) groups is 1. The highest BCUT2D eigenvalue weighted by molar-refractivity contribution is 7.89. The van der Waals surface area contributed by atoms with Gasteiger partial charge in [-0.1, -0.05) is 12.1 Å². The minimum Gasteiger partial charge on any atom is -0.487 e. The first-order valence-electron chi connectivity index (χ1n) is 4.92. The molecule has 1 unspecified atom stereocenters. The van der Waals surface area contributed by atoms with E-state index in [0.717, 1.165) is 0 Å². The second kappa shape index (κ2) is 4.01. The maximum Gasteiger partial charge on any atom is 0.325 e. The van der Waals surface area contributed by atoms with Gasteiger partial charge in [0.25, 0.3) is 0 Å². The van der Waals surface area contributed by atoms with Gasteiger partial charge in [-0.25, -0.2) is 8.42 Å². The summed E-state index contributed by atoms with van der Waals surface area (Å²) in [6.45, 7) is 1.50. The molecule has 0 fully saturated rings. The summed E-state index contributed by atoms with van der Waals surface area (Å²) in [6.07, 6.45) is -0.786. The van der Waals surface area contributed by atoms with E-state index < -0.39 is 28.1 Å². The highest BCUT2D eigenvalue weighted by Gasteiger charge is 2.36. The van der Waals surface area contributed by atoms with Crippen molar-refractivity contribution in [3.63, 3.8) is 0 Å². The Kier molecular flexibility index (Phi) is 2.80.